The number of thiol groups is 1. The van der Waals surface area contributed by atoms with Crippen LogP contribution in [-0.4, -0.2) is 92.9 Å². The molecule has 0 saturated carbocycles. The number of carbonyl (C=O) groups is 6. The van der Waals surface area contributed by atoms with Crippen LogP contribution >= 0.6 is 24.4 Å². The zero-order valence-corrected chi connectivity index (χ0v) is 17.4. The first-order chi connectivity index (χ1) is 14.0. The van der Waals surface area contributed by atoms with Crippen molar-refractivity contribution in [1.82, 2.24) is 16.0 Å². The Morgan fingerprint density at radius 3 is 2.07 bits per heavy atom. The Kier molecular flexibility index (Phi) is 13.2. The van der Waals surface area contributed by atoms with Gasteiger partial charge in [-0.3, -0.25) is 28.8 Å². The Morgan fingerprint density at radius 2 is 1.57 bits per heavy atom. The van der Waals surface area contributed by atoms with Gasteiger partial charge in [-0.2, -0.15) is 12.6 Å². The first-order valence-electron chi connectivity index (χ1n) is 8.45. The van der Waals surface area contributed by atoms with Gasteiger partial charge in [0.15, 0.2) is 0 Å². The molecule has 15 heteroatoms. The molecule has 8 N–H and O–H groups in total. The zero-order chi connectivity index (χ0) is 23.3. The van der Waals surface area contributed by atoms with E-state index in [2.05, 4.69) is 28.6 Å². The SMILES string of the molecule is NC(CCC(=O)NC(CS)C(=O)NC(CSCC(=O)O)C(=O)NCC(=O)O)C(=O)O. The summed E-state index contributed by atoms with van der Waals surface area (Å²) >= 11 is 4.78. The third kappa shape index (κ3) is 12.1. The molecule has 0 radical (unpaired) electrons. The quantitative estimate of drug-likeness (QED) is 0.114. The number of carbonyl (C=O) groups excluding carboxylic acids is 3. The van der Waals surface area contributed by atoms with Crippen molar-refractivity contribution < 1.29 is 44.1 Å². The molecule has 0 heterocycles. The lowest BCUT2D eigenvalue weighted by molar-refractivity contribution is -0.139. The number of thioether (sulfide) groups is 1. The van der Waals surface area contributed by atoms with E-state index in [1.54, 1.807) is 0 Å². The number of hydrogen-bond acceptors (Lipinski definition) is 9. The Bertz CT molecular complexity index is 662. The molecule has 0 aromatic heterocycles. The Balaban J connectivity index is 4.92. The number of amides is 3. The van der Waals surface area contributed by atoms with Crippen LogP contribution in [-0.2, 0) is 28.8 Å². The monoisotopic (exact) mass is 468 g/mol. The maximum atomic E-state index is 12.4. The number of carboxylic acids is 3. The molecule has 0 rings (SSSR count). The van der Waals surface area contributed by atoms with E-state index in [0.717, 1.165) is 11.8 Å². The number of nitrogens with two attached hydrogens (primary N) is 1. The van der Waals surface area contributed by atoms with Crippen molar-refractivity contribution in [2.75, 3.05) is 23.8 Å². The first kappa shape index (κ1) is 27.5. The van der Waals surface area contributed by atoms with Gasteiger partial charge in [-0.15, -0.1) is 11.8 Å². The molecule has 0 bridgehead atoms. The van der Waals surface area contributed by atoms with Gasteiger partial charge in [0, 0.05) is 17.9 Å². The van der Waals surface area contributed by atoms with E-state index in [1.165, 1.54) is 0 Å². The van der Waals surface area contributed by atoms with Gasteiger partial charge in [0.1, 0.15) is 24.7 Å². The van der Waals surface area contributed by atoms with E-state index < -0.39 is 60.3 Å². The van der Waals surface area contributed by atoms with Crippen molar-refractivity contribution >= 4 is 60.0 Å². The maximum absolute atomic E-state index is 12.4. The lowest BCUT2D eigenvalue weighted by atomic mass is 10.1. The smallest absolute Gasteiger partial charge is 0.322 e. The van der Waals surface area contributed by atoms with E-state index in [4.69, 9.17) is 21.1 Å². The van der Waals surface area contributed by atoms with E-state index >= 15 is 0 Å². The van der Waals surface area contributed by atoms with Crippen LogP contribution in [0.5, 0.6) is 0 Å². The van der Waals surface area contributed by atoms with Gasteiger partial charge in [-0.25, -0.2) is 0 Å². The fraction of sp³-hybridized carbons (Fsp3) is 0.600. The van der Waals surface area contributed by atoms with Crippen molar-refractivity contribution in [2.45, 2.75) is 31.0 Å². The highest BCUT2D eigenvalue weighted by Crippen LogP contribution is 2.04. The van der Waals surface area contributed by atoms with E-state index in [1.807, 2.05) is 0 Å². The fourth-order valence-corrected chi connectivity index (χ4v) is 2.90. The van der Waals surface area contributed by atoms with Gasteiger partial charge in [-0.1, -0.05) is 0 Å². The lowest BCUT2D eigenvalue weighted by Gasteiger charge is -2.22. The maximum Gasteiger partial charge on any atom is 0.322 e. The molecule has 3 atom stereocenters. The summed E-state index contributed by atoms with van der Waals surface area (Å²) in [6, 6.07) is -3.69. The van der Waals surface area contributed by atoms with Crippen LogP contribution < -0.4 is 21.7 Å². The van der Waals surface area contributed by atoms with Crippen LogP contribution in [0.3, 0.4) is 0 Å². The molecule has 0 aliphatic heterocycles. The van der Waals surface area contributed by atoms with Gasteiger partial charge in [0.25, 0.3) is 0 Å². The van der Waals surface area contributed by atoms with Crippen molar-refractivity contribution in [3.63, 3.8) is 0 Å². The van der Waals surface area contributed by atoms with Crippen LogP contribution in [0, 0.1) is 0 Å². The minimum atomic E-state index is -1.31. The lowest BCUT2D eigenvalue weighted by Crippen LogP contribution is -2.55. The highest BCUT2D eigenvalue weighted by molar-refractivity contribution is 8.00. The number of carboxylic acid groups (broad SMARTS) is 3. The van der Waals surface area contributed by atoms with Crippen LogP contribution in [0.2, 0.25) is 0 Å². The molecular formula is C15H24N4O9S2. The molecule has 0 aromatic carbocycles. The molecule has 3 unspecified atom stereocenters. The van der Waals surface area contributed by atoms with Crippen LogP contribution in [0.15, 0.2) is 0 Å². The molecule has 0 saturated heterocycles. The molecular weight excluding hydrogens is 444 g/mol. The van der Waals surface area contributed by atoms with Gasteiger partial charge in [-0.05, 0) is 6.42 Å². The van der Waals surface area contributed by atoms with Crippen molar-refractivity contribution in [1.29, 1.82) is 0 Å². The summed E-state index contributed by atoms with van der Waals surface area (Å²) in [4.78, 5) is 68.3. The summed E-state index contributed by atoms with van der Waals surface area (Å²) < 4.78 is 0. The fourth-order valence-electron chi connectivity index (χ4n) is 1.88. The number of hydrogen-bond donors (Lipinski definition) is 8. The predicted octanol–water partition coefficient (Wildman–Crippen LogP) is -2.90. The summed E-state index contributed by atoms with van der Waals surface area (Å²) in [6.45, 7) is -0.703. The highest BCUT2D eigenvalue weighted by Gasteiger charge is 2.27. The van der Waals surface area contributed by atoms with Crippen LogP contribution in [0.1, 0.15) is 12.8 Å². The molecule has 0 spiro atoms. The average molecular weight is 469 g/mol. The third-order valence-electron chi connectivity index (χ3n) is 3.39. The summed E-state index contributed by atoms with van der Waals surface area (Å²) in [5, 5.41) is 32.7. The summed E-state index contributed by atoms with van der Waals surface area (Å²) in [6.07, 6.45) is -0.420. The summed E-state index contributed by atoms with van der Waals surface area (Å²) in [7, 11) is 0. The van der Waals surface area contributed by atoms with Crippen molar-refractivity contribution in [3.8, 4) is 0 Å². The normalized spacial score (nSPS) is 13.4. The van der Waals surface area contributed by atoms with Gasteiger partial charge in [0.2, 0.25) is 17.7 Å². The Labute approximate surface area is 180 Å². The molecule has 0 aliphatic rings. The first-order valence-corrected chi connectivity index (χ1v) is 10.2. The topological polar surface area (TPSA) is 225 Å². The Morgan fingerprint density at radius 1 is 0.933 bits per heavy atom. The van der Waals surface area contributed by atoms with Crippen LogP contribution in [0.4, 0.5) is 0 Å². The van der Waals surface area contributed by atoms with Gasteiger partial charge < -0.3 is 37.0 Å². The molecule has 30 heavy (non-hydrogen) atoms. The summed E-state index contributed by atoms with van der Waals surface area (Å²) in [5.74, 6) is -6.73. The second kappa shape index (κ2) is 14.5. The highest BCUT2D eigenvalue weighted by atomic mass is 32.2. The van der Waals surface area contributed by atoms with E-state index in [9.17, 15) is 28.8 Å². The largest absolute Gasteiger partial charge is 0.481 e. The minimum absolute atomic E-state index is 0.158. The molecule has 0 fully saturated rings. The number of aliphatic carboxylic acids is 3. The molecule has 0 aliphatic carbocycles. The molecule has 13 nitrogen and oxygen atoms in total. The Hall–Kier alpha value is -2.52. The second-order valence-corrected chi connectivity index (χ2v) is 7.26. The number of nitrogens with one attached hydrogen (secondary N) is 3. The number of rotatable bonds is 15. The van der Waals surface area contributed by atoms with Crippen molar-refractivity contribution in [2.24, 2.45) is 5.73 Å². The van der Waals surface area contributed by atoms with E-state index in [-0.39, 0.29) is 30.1 Å². The van der Waals surface area contributed by atoms with Gasteiger partial charge >= 0.3 is 17.9 Å². The van der Waals surface area contributed by atoms with E-state index in [0.29, 0.717) is 0 Å². The average Bonchev–Trinajstić information content (AvgIpc) is 2.66. The molecule has 3 amide bonds. The minimum Gasteiger partial charge on any atom is -0.481 e. The van der Waals surface area contributed by atoms with Crippen molar-refractivity contribution in [3.05, 3.63) is 0 Å². The summed E-state index contributed by atoms with van der Waals surface area (Å²) in [5.41, 5.74) is 5.30. The molecule has 170 valence electrons. The molecule has 0 aromatic rings. The second-order valence-electron chi connectivity index (χ2n) is 5.87. The standard InChI is InChI=1S/C15H24N4O9S2/c16-7(15(27)28)1-2-10(20)18-8(4-29)14(26)19-9(5-30-6-12(23)24)13(25)17-3-11(21)22/h7-9,29H,1-6,16H2,(H,17,25)(H,18,20)(H,19,26)(H,21,22)(H,23,24)(H,27,28). The third-order valence-corrected chi connectivity index (χ3v) is 4.78. The van der Waals surface area contributed by atoms with Crippen LogP contribution in [0.25, 0.3) is 0 Å². The zero-order valence-electron chi connectivity index (χ0n) is 15.7. The van der Waals surface area contributed by atoms with Gasteiger partial charge in [0.05, 0.1) is 5.75 Å². The predicted molar refractivity (Wildman–Crippen MR) is 108 cm³/mol.